The molecule has 0 unspecified atom stereocenters. The molecule has 0 bridgehead atoms. The van der Waals surface area contributed by atoms with E-state index in [4.69, 9.17) is 9.47 Å². The van der Waals surface area contributed by atoms with E-state index in [1.54, 1.807) is 6.07 Å². The topological polar surface area (TPSA) is 52.6 Å². The zero-order valence-electron chi connectivity index (χ0n) is 9.50. The number of benzene rings is 1. The van der Waals surface area contributed by atoms with E-state index in [9.17, 15) is 9.59 Å². The highest BCUT2D eigenvalue weighted by atomic mass is 79.9. The van der Waals surface area contributed by atoms with Gasteiger partial charge in [-0.3, -0.25) is 4.79 Å². The van der Waals surface area contributed by atoms with Crippen LogP contribution in [0.15, 0.2) is 16.6 Å². The van der Waals surface area contributed by atoms with Crippen LogP contribution in [0.1, 0.15) is 26.6 Å². The van der Waals surface area contributed by atoms with E-state index in [2.05, 4.69) is 47.8 Å². The number of methoxy groups -OCH3 is 1. The average molecular weight is 445 g/mol. The second kappa shape index (κ2) is 6.68. The van der Waals surface area contributed by atoms with E-state index in [1.165, 1.54) is 20.1 Å². The summed E-state index contributed by atoms with van der Waals surface area (Å²) in [4.78, 5) is 22.6. The molecular formula is C11H9Br3O4. The smallest absolute Gasteiger partial charge is 0.338 e. The summed E-state index contributed by atoms with van der Waals surface area (Å²) in [5.74, 6) is -0.699. The predicted molar refractivity (Wildman–Crippen MR) is 77.4 cm³/mol. The Labute approximate surface area is 129 Å². The molecule has 0 fully saturated rings. The molecule has 0 N–H and O–H groups in total. The third-order valence-corrected chi connectivity index (χ3v) is 3.60. The maximum Gasteiger partial charge on any atom is 0.338 e. The first-order valence-corrected chi connectivity index (χ1v) is 7.37. The first kappa shape index (κ1) is 15.7. The number of hydrogen-bond acceptors (Lipinski definition) is 4. The van der Waals surface area contributed by atoms with Crippen molar-refractivity contribution in [3.63, 3.8) is 0 Å². The molecule has 0 aliphatic heterocycles. The van der Waals surface area contributed by atoms with Crippen LogP contribution in [0.4, 0.5) is 0 Å². The fourth-order valence-electron chi connectivity index (χ4n) is 1.27. The SMILES string of the molecule is COC(=O)c1cc(OC(C)=O)c(Br)cc1C(Br)Br. The van der Waals surface area contributed by atoms with Crippen LogP contribution in [0, 0.1) is 0 Å². The summed E-state index contributed by atoms with van der Waals surface area (Å²) in [6, 6.07) is 3.14. The van der Waals surface area contributed by atoms with E-state index < -0.39 is 11.9 Å². The van der Waals surface area contributed by atoms with Gasteiger partial charge in [0.2, 0.25) is 0 Å². The molecule has 0 heterocycles. The summed E-state index contributed by atoms with van der Waals surface area (Å²) in [6.45, 7) is 1.29. The fraction of sp³-hybridized carbons (Fsp3) is 0.273. The molecule has 0 saturated heterocycles. The van der Waals surface area contributed by atoms with Crippen molar-refractivity contribution >= 4 is 59.7 Å². The van der Waals surface area contributed by atoms with Gasteiger partial charge in [-0.2, -0.15) is 0 Å². The van der Waals surface area contributed by atoms with Crippen LogP contribution in [0.25, 0.3) is 0 Å². The van der Waals surface area contributed by atoms with E-state index in [-0.39, 0.29) is 9.49 Å². The summed E-state index contributed by atoms with van der Waals surface area (Å²) in [5.41, 5.74) is 0.986. The minimum absolute atomic E-state index is 0.221. The zero-order chi connectivity index (χ0) is 13.9. The molecular weight excluding hydrogens is 436 g/mol. The average Bonchev–Trinajstić information content (AvgIpc) is 2.29. The third kappa shape index (κ3) is 3.80. The monoisotopic (exact) mass is 442 g/mol. The molecule has 1 rings (SSSR count). The van der Waals surface area contributed by atoms with Crippen LogP contribution >= 0.6 is 47.8 Å². The number of halogens is 3. The summed E-state index contributed by atoms with van der Waals surface area (Å²) in [6.07, 6.45) is 0. The summed E-state index contributed by atoms with van der Waals surface area (Å²) in [7, 11) is 1.29. The quantitative estimate of drug-likeness (QED) is 0.402. The highest BCUT2D eigenvalue weighted by Gasteiger charge is 2.20. The molecule has 0 spiro atoms. The molecule has 0 atom stereocenters. The van der Waals surface area contributed by atoms with Crippen molar-refractivity contribution in [1.29, 1.82) is 0 Å². The summed E-state index contributed by atoms with van der Waals surface area (Å²) in [5, 5.41) is 0. The van der Waals surface area contributed by atoms with Crippen molar-refractivity contribution in [2.24, 2.45) is 0 Å². The maximum atomic E-state index is 11.7. The van der Waals surface area contributed by atoms with Gasteiger partial charge in [0.15, 0.2) is 0 Å². The molecule has 0 radical (unpaired) electrons. The van der Waals surface area contributed by atoms with Crippen molar-refractivity contribution in [1.82, 2.24) is 0 Å². The van der Waals surface area contributed by atoms with Gasteiger partial charge < -0.3 is 9.47 Å². The Morgan fingerprint density at radius 1 is 1.28 bits per heavy atom. The minimum Gasteiger partial charge on any atom is -0.465 e. The van der Waals surface area contributed by atoms with Crippen molar-refractivity contribution in [2.45, 2.75) is 10.7 Å². The van der Waals surface area contributed by atoms with Gasteiger partial charge in [-0.25, -0.2) is 4.79 Å². The Kier molecular flexibility index (Phi) is 5.81. The molecule has 0 saturated carbocycles. The second-order valence-electron chi connectivity index (χ2n) is 3.26. The van der Waals surface area contributed by atoms with Crippen molar-refractivity contribution < 1.29 is 19.1 Å². The number of carbonyl (C=O) groups excluding carboxylic acids is 2. The predicted octanol–water partition coefficient (Wildman–Crippen LogP) is 3.95. The number of carbonyl (C=O) groups is 2. The Balaban J connectivity index is 3.35. The molecule has 4 nitrogen and oxygen atoms in total. The van der Waals surface area contributed by atoms with Crippen LogP contribution in [0.5, 0.6) is 5.75 Å². The van der Waals surface area contributed by atoms with Crippen molar-refractivity contribution in [2.75, 3.05) is 7.11 Å². The van der Waals surface area contributed by atoms with Crippen LogP contribution in [-0.4, -0.2) is 19.0 Å². The van der Waals surface area contributed by atoms with Crippen molar-refractivity contribution in [3.05, 3.63) is 27.7 Å². The van der Waals surface area contributed by atoms with Crippen LogP contribution in [-0.2, 0) is 9.53 Å². The lowest BCUT2D eigenvalue weighted by Crippen LogP contribution is -2.08. The molecule has 0 aromatic heterocycles. The van der Waals surface area contributed by atoms with Gasteiger partial charge in [-0.15, -0.1) is 0 Å². The molecule has 1 aromatic rings. The highest BCUT2D eigenvalue weighted by Crippen LogP contribution is 2.38. The maximum absolute atomic E-state index is 11.7. The van der Waals surface area contributed by atoms with E-state index in [1.807, 2.05) is 0 Å². The normalized spacial score (nSPS) is 10.3. The van der Waals surface area contributed by atoms with E-state index >= 15 is 0 Å². The van der Waals surface area contributed by atoms with Gasteiger partial charge in [-0.1, -0.05) is 31.9 Å². The molecule has 98 valence electrons. The van der Waals surface area contributed by atoms with E-state index in [0.29, 0.717) is 15.6 Å². The lowest BCUT2D eigenvalue weighted by atomic mass is 10.1. The molecule has 0 amide bonds. The lowest BCUT2D eigenvalue weighted by molar-refractivity contribution is -0.131. The zero-order valence-corrected chi connectivity index (χ0v) is 14.3. The van der Waals surface area contributed by atoms with Gasteiger partial charge in [0, 0.05) is 6.92 Å². The molecule has 7 heteroatoms. The fourth-order valence-corrected chi connectivity index (χ4v) is 2.47. The number of alkyl halides is 2. The first-order chi connectivity index (χ1) is 8.36. The van der Waals surface area contributed by atoms with Gasteiger partial charge in [0.05, 0.1) is 20.9 Å². The largest absolute Gasteiger partial charge is 0.465 e. The Morgan fingerprint density at radius 2 is 1.89 bits per heavy atom. The van der Waals surface area contributed by atoms with Crippen molar-refractivity contribution in [3.8, 4) is 5.75 Å². The summed E-state index contributed by atoms with van der Waals surface area (Å²) < 4.78 is 10.0. The van der Waals surface area contributed by atoms with Gasteiger partial charge in [0.25, 0.3) is 0 Å². The van der Waals surface area contributed by atoms with Gasteiger partial charge in [0.1, 0.15) is 5.75 Å². The lowest BCUT2D eigenvalue weighted by Gasteiger charge is -2.12. The molecule has 18 heavy (non-hydrogen) atoms. The Morgan fingerprint density at radius 3 is 2.33 bits per heavy atom. The standard InChI is InChI=1S/C11H9Br3O4/c1-5(15)18-9-4-7(11(16)17-2)6(10(13)14)3-8(9)12/h3-4,10H,1-2H3. The second-order valence-corrected chi connectivity index (χ2v) is 7.17. The van der Waals surface area contributed by atoms with Gasteiger partial charge >= 0.3 is 11.9 Å². The number of rotatable bonds is 3. The third-order valence-electron chi connectivity index (χ3n) is 2.00. The van der Waals surface area contributed by atoms with Crippen LogP contribution < -0.4 is 4.74 Å². The first-order valence-electron chi connectivity index (χ1n) is 4.75. The number of hydrogen-bond donors (Lipinski definition) is 0. The molecule has 0 aliphatic rings. The number of esters is 2. The van der Waals surface area contributed by atoms with E-state index in [0.717, 1.165) is 0 Å². The summed E-state index contributed by atoms with van der Waals surface area (Å²) >= 11 is 9.92. The van der Waals surface area contributed by atoms with Crippen LogP contribution in [0.2, 0.25) is 0 Å². The molecule has 0 aliphatic carbocycles. The highest BCUT2D eigenvalue weighted by molar-refractivity contribution is 9.24. The minimum atomic E-state index is -0.505. The van der Waals surface area contributed by atoms with Crippen LogP contribution in [0.3, 0.4) is 0 Å². The van der Waals surface area contributed by atoms with Gasteiger partial charge in [-0.05, 0) is 33.6 Å². The number of ether oxygens (including phenoxy) is 2. The molecule has 1 aromatic carbocycles. The Bertz CT molecular complexity index is 485. The Hall–Kier alpha value is -0.400.